The quantitative estimate of drug-likeness (QED) is 0.0460. The minimum Gasteiger partial charge on any atom is -0.444 e. The number of rotatable bonds is 19. The fraction of sp³-hybridized carbons (Fsp3) is 0.289. The predicted molar refractivity (Wildman–Crippen MR) is 422 cm³/mol. The highest BCUT2D eigenvalue weighted by Crippen LogP contribution is 2.59. The topological polar surface area (TPSA) is 156 Å². The smallest absolute Gasteiger partial charge is 0.435 e. The number of hydrogen-bond acceptors (Lipinski definition) is 8. The maximum Gasteiger partial charge on any atom is 0.435 e. The normalized spacial score (nSPS) is 12.8. The molecule has 8 aromatic carbocycles. The second-order valence-electron chi connectivity index (χ2n) is 26.8. The molecule has 0 bridgehead atoms. The number of carbonyl (C=O) groups is 5. The molecule has 0 saturated carbocycles. The third kappa shape index (κ3) is 25.2. The molecule has 0 fully saturated rings. The van der Waals surface area contributed by atoms with Crippen LogP contribution in [0.15, 0.2) is 121 Å². The summed E-state index contributed by atoms with van der Waals surface area (Å²) in [5, 5.41) is 5.83. The van der Waals surface area contributed by atoms with Crippen molar-refractivity contribution in [3.8, 4) is 6.07 Å². The molecule has 50 heteroatoms. The first-order chi connectivity index (χ1) is 57.0. The third-order valence-electron chi connectivity index (χ3n) is 17.1. The van der Waals surface area contributed by atoms with Crippen LogP contribution in [0.2, 0.25) is 60.3 Å². The van der Waals surface area contributed by atoms with Gasteiger partial charge in [0.2, 0.25) is 0 Å². The van der Waals surface area contributed by atoms with E-state index in [-0.39, 0.29) is 132 Å². The van der Waals surface area contributed by atoms with Gasteiger partial charge in [-0.2, -0.15) is 111 Å². The third-order valence-corrected chi connectivity index (χ3v) is 22.4. The summed E-state index contributed by atoms with van der Waals surface area (Å²) >= 11 is 72.0. The first kappa shape index (κ1) is 110. The Balaban J connectivity index is 0.000000299. The molecule has 686 valence electrons. The number of carbonyl (C=O) groups excluding carboxylic acids is 5. The van der Waals surface area contributed by atoms with Gasteiger partial charge in [-0.25, -0.2) is 22.4 Å². The number of alkyl carbamates (subject to hydrolysis) is 1. The van der Waals surface area contributed by atoms with Gasteiger partial charge in [0.15, 0.2) is 23.1 Å². The Kier molecular flexibility index (Phi) is 35.8. The second kappa shape index (κ2) is 41.0. The summed E-state index contributed by atoms with van der Waals surface area (Å²) in [6, 6.07) is 19.0. The number of nitrogens with two attached hydrogens (primary N) is 1. The summed E-state index contributed by atoms with van der Waals surface area (Å²) in [5.41, 5.74) is -25.4. The molecule has 1 amide bonds. The maximum absolute atomic E-state index is 14.3. The zero-order valence-electron chi connectivity index (χ0n) is 61.8. The van der Waals surface area contributed by atoms with E-state index in [1.807, 2.05) is 22.6 Å². The average molecular weight is 2180 g/mol. The molecule has 0 unspecified atom stereocenters. The lowest BCUT2D eigenvalue weighted by Crippen LogP contribution is -2.50. The molecule has 0 aromatic heterocycles. The summed E-state index contributed by atoms with van der Waals surface area (Å²) < 4.78 is 373. The zero-order chi connectivity index (χ0) is 97.1. The average Bonchev–Trinajstić information content (AvgIpc) is 0.752. The summed E-state index contributed by atoms with van der Waals surface area (Å²) in [7, 11) is 0. The van der Waals surface area contributed by atoms with E-state index >= 15 is 0 Å². The van der Waals surface area contributed by atoms with Crippen LogP contribution in [0.3, 0.4) is 0 Å². The number of Topliss-reactive ketones (excluding diaryl/α,β-unsaturated/α-hetero) is 4. The van der Waals surface area contributed by atoms with Crippen molar-refractivity contribution in [3.05, 3.63) is 269 Å². The first-order valence-corrected chi connectivity index (χ1v) is 38.9. The molecular formula is C76H44Cl12F28IN3O6. The van der Waals surface area contributed by atoms with E-state index in [9.17, 15) is 147 Å². The van der Waals surface area contributed by atoms with Crippen molar-refractivity contribution < 1.29 is 152 Å². The standard InChI is InChI=1S/C23H19Cl3F7NO3.C18H11Cl3F7NO.C18H7Cl3F7NO.C17H7Cl3F7IO/c1-20(2,3)37-19(36)34-10-12-5-4-11(6-15(12)24)18(35)9-14-16(25)7-13(8-17(14)26)21(27,22(28,29)30)23(31,32)33;2*19-12-3-8(1-2-9(12)7-29)15(30)6-11-13(20)4-10(5-14(11)21)16(22,17(23,24)25)18(26,27)28;18-10-4-8(15(21,16(22,23)24)17(25,26)27)5-11(19)9(10)6-14(29)7-1-2-13(28)12(20)3-7/h4-8H,9-10H2,1-3H3,(H,34,36);1-5H,6-7,29H2;1-5H,6H2;1-5H,6H2. The molecule has 0 radical (unpaired) electrons. The van der Waals surface area contributed by atoms with Crippen LogP contribution < -0.4 is 11.1 Å². The number of nitrogens with one attached hydrogen (secondary N) is 1. The van der Waals surface area contributed by atoms with Gasteiger partial charge in [-0.3, -0.25) is 19.2 Å². The Morgan fingerprint density at radius 1 is 0.333 bits per heavy atom. The molecule has 0 aliphatic heterocycles. The monoisotopic (exact) mass is 2170 g/mol. The number of nitrogens with zero attached hydrogens (tertiary/aromatic N) is 1. The van der Waals surface area contributed by atoms with E-state index in [1.54, 1.807) is 26.8 Å². The van der Waals surface area contributed by atoms with Gasteiger partial charge in [0.05, 0.1) is 15.6 Å². The zero-order valence-corrected chi connectivity index (χ0v) is 73.0. The Labute approximate surface area is 765 Å². The number of halogens is 41. The van der Waals surface area contributed by atoms with Gasteiger partial charge in [-0.05, 0) is 168 Å². The maximum atomic E-state index is 14.3. The van der Waals surface area contributed by atoms with Crippen LogP contribution in [0.4, 0.5) is 128 Å². The van der Waals surface area contributed by atoms with Gasteiger partial charge in [-0.15, -0.1) is 0 Å². The Bertz CT molecular complexity index is 5350. The highest BCUT2D eigenvalue weighted by molar-refractivity contribution is 14.1. The highest BCUT2D eigenvalue weighted by atomic mass is 127. The molecular weight excluding hydrogens is 2140 g/mol. The van der Waals surface area contributed by atoms with Crippen molar-refractivity contribution in [2.45, 2.75) is 137 Å². The SMILES string of the molecule is CC(C)(C)OC(=O)NCc1ccc(C(=O)Cc2c(Cl)cc(C(F)(C(F)(F)F)C(F)(F)F)cc2Cl)cc1Cl.N#Cc1ccc(C(=O)Cc2c(Cl)cc(C(F)(C(F)(F)F)C(F)(F)F)cc2Cl)cc1Cl.NCc1ccc(C(=O)Cc2c(Cl)cc(C(F)(C(F)(F)F)C(F)(F)F)cc2Cl)cc1Cl.O=C(Cc1c(Cl)cc(C(F)(C(F)(F)F)C(F)(F)F)cc1Cl)c1ccc(I)c(Cl)c1. The van der Waals surface area contributed by atoms with Crippen molar-refractivity contribution in [2.24, 2.45) is 5.73 Å². The van der Waals surface area contributed by atoms with Crippen LogP contribution in [0.5, 0.6) is 0 Å². The summed E-state index contributed by atoms with van der Waals surface area (Å²) in [5.74, 6) is -2.62. The van der Waals surface area contributed by atoms with E-state index < -0.39 is 195 Å². The van der Waals surface area contributed by atoms with Gasteiger partial charge < -0.3 is 15.8 Å². The predicted octanol–water partition coefficient (Wildman–Crippen LogP) is 30.4. The summed E-state index contributed by atoms with van der Waals surface area (Å²) in [6.45, 7) is 5.09. The van der Waals surface area contributed by atoms with Crippen LogP contribution in [0.1, 0.15) is 123 Å². The van der Waals surface area contributed by atoms with E-state index in [2.05, 4.69) is 5.32 Å². The van der Waals surface area contributed by atoms with Crippen LogP contribution in [0, 0.1) is 14.9 Å². The molecule has 0 atom stereocenters. The van der Waals surface area contributed by atoms with E-state index in [1.165, 1.54) is 66.7 Å². The fourth-order valence-corrected chi connectivity index (χ4v) is 14.3. The van der Waals surface area contributed by atoms with E-state index in [4.69, 9.17) is 155 Å². The summed E-state index contributed by atoms with van der Waals surface area (Å²) in [4.78, 5) is 61.7. The van der Waals surface area contributed by atoms with Crippen LogP contribution >= 0.6 is 162 Å². The Morgan fingerprint density at radius 2 is 0.556 bits per heavy atom. The number of ketones is 4. The minimum absolute atomic E-state index is 0.00708. The van der Waals surface area contributed by atoms with Gasteiger partial charge in [0, 0.05) is 137 Å². The first-order valence-electron chi connectivity index (χ1n) is 33.3. The minimum atomic E-state index is -6.36. The molecule has 9 nitrogen and oxygen atoms in total. The number of alkyl halides is 28. The molecule has 8 rings (SSSR count). The van der Waals surface area contributed by atoms with Crippen LogP contribution in [-0.2, 0) is 66.2 Å². The lowest BCUT2D eigenvalue weighted by Gasteiger charge is -2.30. The van der Waals surface area contributed by atoms with Crippen molar-refractivity contribution >= 4 is 191 Å². The van der Waals surface area contributed by atoms with Gasteiger partial charge >= 0.3 is 78.2 Å². The van der Waals surface area contributed by atoms with Crippen molar-refractivity contribution in [1.29, 1.82) is 5.26 Å². The molecule has 0 heterocycles. The van der Waals surface area contributed by atoms with Crippen molar-refractivity contribution in [3.63, 3.8) is 0 Å². The fourth-order valence-electron chi connectivity index (χ4n) is 10.6. The molecule has 0 aliphatic rings. The van der Waals surface area contributed by atoms with Gasteiger partial charge in [-0.1, -0.05) is 170 Å². The Morgan fingerprint density at radius 3 is 0.762 bits per heavy atom. The number of nitriles is 1. The lowest BCUT2D eigenvalue weighted by molar-refractivity contribution is -0.349. The Hall–Kier alpha value is -6.59. The molecule has 126 heavy (non-hydrogen) atoms. The van der Waals surface area contributed by atoms with E-state index in [0.717, 1.165) is 6.07 Å². The van der Waals surface area contributed by atoms with Gasteiger partial charge in [0.25, 0.3) is 0 Å². The van der Waals surface area contributed by atoms with Crippen molar-refractivity contribution in [2.75, 3.05) is 0 Å². The number of amides is 1. The van der Waals surface area contributed by atoms with E-state index in [0.29, 0.717) is 14.7 Å². The molecule has 0 saturated heterocycles. The second-order valence-corrected chi connectivity index (χ2v) is 32.8. The number of hydrogen-bond donors (Lipinski definition) is 2. The molecule has 8 aromatic rings. The molecule has 3 N–H and O–H groups in total. The van der Waals surface area contributed by atoms with Crippen LogP contribution in [-0.4, -0.2) is 84.2 Å². The van der Waals surface area contributed by atoms with Crippen LogP contribution in [0.25, 0.3) is 0 Å². The molecule has 0 aliphatic carbocycles. The highest BCUT2D eigenvalue weighted by Gasteiger charge is 2.77. The number of benzene rings is 8. The summed E-state index contributed by atoms with van der Waals surface area (Å²) in [6.07, 6.45) is -53.8. The number of ether oxygens (including phenoxy) is 1. The molecule has 0 spiro atoms. The largest absolute Gasteiger partial charge is 0.444 e. The lowest BCUT2D eigenvalue weighted by atomic mass is 9.92. The van der Waals surface area contributed by atoms with Crippen molar-refractivity contribution in [1.82, 2.24) is 5.32 Å². The van der Waals surface area contributed by atoms with Gasteiger partial charge in [0.1, 0.15) is 11.7 Å².